The highest BCUT2D eigenvalue weighted by atomic mass is 15.5. The van der Waals surface area contributed by atoms with Gasteiger partial charge in [0.2, 0.25) is 0 Å². The fourth-order valence-corrected chi connectivity index (χ4v) is 3.24. The van der Waals surface area contributed by atoms with Gasteiger partial charge >= 0.3 is 0 Å². The molecule has 2 nitrogen and oxygen atoms in total. The Morgan fingerprint density at radius 2 is 1.53 bits per heavy atom. The lowest BCUT2D eigenvalue weighted by Gasteiger charge is -2.29. The number of hydrogen-bond acceptors (Lipinski definition) is 2. The van der Waals surface area contributed by atoms with Gasteiger partial charge in [-0.1, -0.05) is 58.3 Å². The average molecular weight is 240 g/mol. The van der Waals surface area contributed by atoms with E-state index in [1.54, 1.807) is 0 Å². The second kappa shape index (κ2) is 8.93. The molecule has 1 aliphatic rings. The maximum Gasteiger partial charge on any atom is 0.0105 e. The van der Waals surface area contributed by atoms with E-state index in [0.29, 0.717) is 0 Å². The van der Waals surface area contributed by atoms with Crippen LogP contribution >= 0.6 is 0 Å². The van der Waals surface area contributed by atoms with Gasteiger partial charge in [0.15, 0.2) is 0 Å². The Balaban J connectivity index is 2.36. The van der Waals surface area contributed by atoms with Crippen LogP contribution in [0.1, 0.15) is 64.7 Å². The Morgan fingerprint density at radius 3 is 2.06 bits per heavy atom. The Bertz CT molecular complexity index is 180. The van der Waals surface area contributed by atoms with Crippen molar-refractivity contribution in [2.24, 2.45) is 11.8 Å². The molecule has 0 spiro atoms. The van der Waals surface area contributed by atoms with Gasteiger partial charge in [-0.3, -0.25) is 10.4 Å². The normalized spacial score (nSPS) is 26.8. The van der Waals surface area contributed by atoms with Crippen molar-refractivity contribution in [2.45, 2.75) is 64.7 Å². The molecule has 1 aliphatic carbocycles. The first-order chi connectivity index (χ1) is 8.24. The fourth-order valence-electron chi connectivity index (χ4n) is 3.24. The summed E-state index contributed by atoms with van der Waals surface area (Å²) in [5, 5.41) is 2.08. The van der Waals surface area contributed by atoms with Crippen LogP contribution in [-0.2, 0) is 0 Å². The van der Waals surface area contributed by atoms with Crippen LogP contribution in [0.4, 0.5) is 0 Å². The molecule has 0 heterocycles. The molecular formula is C15H32N2. The molecule has 1 N–H and O–H groups in total. The van der Waals surface area contributed by atoms with Crippen molar-refractivity contribution >= 4 is 0 Å². The summed E-state index contributed by atoms with van der Waals surface area (Å²) < 4.78 is 0. The summed E-state index contributed by atoms with van der Waals surface area (Å²) in [6, 6.07) is 0. The second-order valence-electron chi connectivity index (χ2n) is 5.89. The van der Waals surface area contributed by atoms with Crippen molar-refractivity contribution < 1.29 is 0 Å². The lowest BCUT2D eigenvalue weighted by Crippen LogP contribution is -2.33. The Morgan fingerprint density at radius 1 is 0.941 bits per heavy atom. The standard InChI is InChI=1S/C15H32N2/c1-4-9-14-10-7-5-6-8-11-15(14)12-13-16-17(2)3/h14-16H,4-13H2,1-3H3. The monoisotopic (exact) mass is 240 g/mol. The first kappa shape index (κ1) is 15.0. The molecule has 0 bridgehead atoms. The fraction of sp³-hybridized carbons (Fsp3) is 1.00. The largest absolute Gasteiger partial charge is 0.256 e. The molecule has 0 aromatic carbocycles. The Labute approximate surface area is 108 Å². The van der Waals surface area contributed by atoms with Crippen molar-refractivity contribution in [3.63, 3.8) is 0 Å². The molecular weight excluding hydrogens is 208 g/mol. The molecule has 1 rings (SSSR count). The van der Waals surface area contributed by atoms with Crippen molar-refractivity contribution in [1.82, 2.24) is 10.4 Å². The van der Waals surface area contributed by atoms with Crippen LogP contribution in [0, 0.1) is 11.8 Å². The van der Waals surface area contributed by atoms with Gasteiger partial charge in [-0.25, -0.2) is 0 Å². The van der Waals surface area contributed by atoms with E-state index < -0.39 is 0 Å². The van der Waals surface area contributed by atoms with Gasteiger partial charge in [0.05, 0.1) is 0 Å². The van der Waals surface area contributed by atoms with E-state index >= 15 is 0 Å². The molecule has 1 fully saturated rings. The Kier molecular flexibility index (Phi) is 7.87. The number of nitrogens with one attached hydrogen (secondary N) is 1. The molecule has 0 amide bonds. The van der Waals surface area contributed by atoms with Crippen molar-refractivity contribution in [2.75, 3.05) is 20.6 Å². The minimum atomic E-state index is 0.975. The van der Waals surface area contributed by atoms with E-state index in [1.165, 1.54) is 57.8 Å². The zero-order valence-electron chi connectivity index (χ0n) is 12.2. The lowest BCUT2D eigenvalue weighted by atomic mass is 9.78. The average Bonchev–Trinajstić information content (AvgIpc) is 2.26. The lowest BCUT2D eigenvalue weighted by molar-refractivity contribution is 0.208. The number of nitrogens with zero attached hydrogens (tertiary/aromatic N) is 1. The molecule has 0 aromatic heterocycles. The van der Waals surface area contributed by atoms with Crippen LogP contribution in [0.25, 0.3) is 0 Å². The van der Waals surface area contributed by atoms with Gasteiger partial charge in [-0.05, 0) is 18.3 Å². The highest BCUT2D eigenvalue weighted by Crippen LogP contribution is 2.32. The van der Waals surface area contributed by atoms with Crippen molar-refractivity contribution in [3.8, 4) is 0 Å². The van der Waals surface area contributed by atoms with E-state index in [1.807, 2.05) is 0 Å². The van der Waals surface area contributed by atoms with Crippen LogP contribution in [0.15, 0.2) is 0 Å². The van der Waals surface area contributed by atoms with E-state index in [4.69, 9.17) is 0 Å². The van der Waals surface area contributed by atoms with E-state index in [2.05, 4.69) is 31.5 Å². The first-order valence-corrected chi connectivity index (χ1v) is 7.65. The van der Waals surface area contributed by atoms with E-state index in [0.717, 1.165) is 18.4 Å². The summed E-state index contributed by atoms with van der Waals surface area (Å²) in [5.41, 5.74) is 3.42. The Hall–Kier alpha value is -0.0800. The third kappa shape index (κ3) is 6.42. The summed E-state index contributed by atoms with van der Waals surface area (Å²) in [5.74, 6) is 1.98. The van der Waals surface area contributed by atoms with Crippen molar-refractivity contribution in [3.05, 3.63) is 0 Å². The van der Waals surface area contributed by atoms with Crippen LogP contribution in [0.5, 0.6) is 0 Å². The summed E-state index contributed by atoms with van der Waals surface area (Å²) >= 11 is 0. The summed E-state index contributed by atoms with van der Waals surface area (Å²) in [7, 11) is 4.17. The highest BCUT2D eigenvalue weighted by molar-refractivity contribution is 4.73. The summed E-state index contributed by atoms with van der Waals surface area (Å²) in [6.07, 6.45) is 13.0. The van der Waals surface area contributed by atoms with Crippen molar-refractivity contribution in [1.29, 1.82) is 0 Å². The van der Waals surface area contributed by atoms with Gasteiger partial charge in [0.25, 0.3) is 0 Å². The molecule has 1 saturated carbocycles. The molecule has 0 aliphatic heterocycles. The second-order valence-corrected chi connectivity index (χ2v) is 5.89. The first-order valence-electron chi connectivity index (χ1n) is 7.65. The summed E-state index contributed by atoms with van der Waals surface area (Å²) in [4.78, 5) is 0. The number of hydrazine groups is 1. The SMILES string of the molecule is CCCC1CCCCCCC1CCNN(C)C. The minimum Gasteiger partial charge on any atom is -0.256 e. The topological polar surface area (TPSA) is 15.3 Å². The summed E-state index contributed by atoms with van der Waals surface area (Å²) in [6.45, 7) is 3.49. The van der Waals surface area contributed by atoms with E-state index in [-0.39, 0.29) is 0 Å². The number of hydrogen-bond donors (Lipinski definition) is 1. The van der Waals surface area contributed by atoms with Gasteiger partial charge in [0.1, 0.15) is 0 Å². The van der Waals surface area contributed by atoms with Crippen LogP contribution in [0.3, 0.4) is 0 Å². The smallest absolute Gasteiger partial charge is 0.0105 e. The zero-order chi connectivity index (χ0) is 12.5. The quantitative estimate of drug-likeness (QED) is 0.710. The molecule has 17 heavy (non-hydrogen) atoms. The zero-order valence-corrected chi connectivity index (χ0v) is 12.2. The highest BCUT2D eigenvalue weighted by Gasteiger charge is 2.21. The van der Waals surface area contributed by atoms with E-state index in [9.17, 15) is 0 Å². The van der Waals surface area contributed by atoms with Crippen LogP contribution < -0.4 is 5.43 Å². The van der Waals surface area contributed by atoms with Gasteiger partial charge in [-0.15, -0.1) is 0 Å². The molecule has 0 radical (unpaired) electrons. The third-order valence-corrected chi connectivity index (χ3v) is 4.17. The van der Waals surface area contributed by atoms with Gasteiger partial charge in [-0.2, -0.15) is 0 Å². The molecule has 102 valence electrons. The molecule has 2 heteroatoms. The minimum absolute atomic E-state index is 0.975. The van der Waals surface area contributed by atoms with Gasteiger partial charge in [0, 0.05) is 20.6 Å². The number of rotatable bonds is 6. The van der Waals surface area contributed by atoms with Gasteiger partial charge < -0.3 is 0 Å². The predicted octanol–water partition coefficient (Wildman–Crippen LogP) is 3.83. The maximum atomic E-state index is 3.42. The van der Waals surface area contributed by atoms with Crippen LogP contribution in [0.2, 0.25) is 0 Å². The molecule has 2 atom stereocenters. The predicted molar refractivity (Wildman–Crippen MR) is 75.9 cm³/mol. The third-order valence-electron chi connectivity index (χ3n) is 4.17. The maximum absolute atomic E-state index is 3.42. The molecule has 2 unspecified atom stereocenters. The molecule has 0 saturated heterocycles. The van der Waals surface area contributed by atoms with Crippen LogP contribution in [-0.4, -0.2) is 25.6 Å². The molecule has 0 aromatic rings.